The van der Waals surface area contributed by atoms with Gasteiger partial charge in [0, 0.05) is 0 Å². The molecule has 0 fully saturated rings. The Balaban J connectivity index is 3.84. The summed E-state index contributed by atoms with van der Waals surface area (Å²) in [5.41, 5.74) is 0. The largest absolute Gasteiger partial charge is 0.113 e. The lowest BCUT2D eigenvalue weighted by atomic mass is 10.1. The second kappa shape index (κ2) is 4.04. The fourth-order valence-corrected chi connectivity index (χ4v) is 0.440. The lowest BCUT2D eigenvalue weighted by Crippen LogP contribution is -2.10. The average Bonchev–Trinajstić information content (AvgIpc) is 1.84. The zero-order valence-electron chi connectivity index (χ0n) is 5.67. The molecular formula is C7H10Cl2. The minimum absolute atomic E-state index is 0.363. The normalized spacial score (nSPS) is 15.6. The Morgan fingerprint density at radius 1 is 1.56 bits per heavy atom. The molecule has 0 aromatic carbocycles. The van der Waals surface area contributed by atoms with Gasteiger partial charge >= 0.3 is 0 Å². The van der Waals surface area contributed by atoms with E-state index in [1.807, 2.05) is 13.8 Å². The maximum absolute atomic E-state index is 5.87. The van der Waals surface area contributed by atoms with Crippen LogP contribution in [0.15, 0.2) is 0 Å². The van der Waals surface area contributed by atoms with Crippen LogP contribution < -0.4 is 0 Å². The van der Waals surface area contributed by atoms with Crippen molar-refractivity contribution in [2.75, 3.05) is 5.88 Å². The van der Waals surface area contributed by atoms with Gasteiger partial charge in [0.25, 0.3) is 0 Å². The van der Waals surface area contributed by atoms with E-state index in [0.29, 0.717) is 5.88 Å². The SMILES string of the molecule is CCC(C)(Cl)C#CCCl. The molecule has 0 saturated heterocycles. The van der Waals surface area contributed by atoms with Crippen LogP contribution in [0.2, 0.25) is 0 Å². The Hall–Kier alpha value is 0.140. The van der Waals surface area contributed by atoms with Gasteiger partial charge in [-0.1, -0.05) is 18.8 Å². The van der Waals surface area contributed by atoms with Gasteiger partial charge < -0.3 is 0 Å². The summed E-state index contributed by atoms with van der Waals surface area (Å²) >= 11 is 11.2. The highest BCUT2D eigenvalue weighted by molar-refractivity contribution is 6.26. The highest BCUT2D eigenvalue weighted by Crippen LogP contribution is 2.16. The van der Waals surface area contributed by atoms with Crippen LogP contribution in [0.5, 0.6) is 0 Å². The molecule has 0 heterocycles. The van der Waals surface area contributed by atoms with E-state index in [-0.39, 0.29) is 4.87 Å². The summed E-state index contributed by atoms with van der Waals surface area (Å²) in [4.78, 5) is -0.380. The van der Waals surface area contributed by atoms with Crippen molar-refractivity contribution in [3.8, 4) is 11.8 Å². The first-order valence-electron chi connectivity index (χ1n) is 2.87. The summed E-state index contributed by atoms with van der Waals surface area (Å²) in [5, 5.41) is 0. The van der Waals surface area contributed by atoms with Crippen LogP contribution in [0.3, 0.4) is 0 Å². The van der Waals surface area contributed by atoms with E-state index in [1.54, 1.807) is 0 Å². The van der Waals surface area contributed by atoms with Gasteiger partial charge in [-0.15, -0.1) is 23.2 Å². The maximum Gasteiger partial charge on any atom is 0.102 e. The Morgan fingerprint density at radius 2 is 2.11 bits per heavy atom. The van der Waals surface area contributed by atoms with Crippen molar-refractivity contribution >= 4 is 23.2 Å². The Kier molecular flexibility index (Phi) is 4.10. The third-order valence-electron chi connectivity index (χ3n) is 1.08. The fraction of sp³-hybridized carbons (Fsp3) is 0.714. The van der Waals surface area contributed by atoms with Crippen molar-refractivity contribution in [1.82, 2.24) is 0 Å². The van der Waals surface area contributed by atoms with Crippen LogP contribution in [0.25, 0.3) is 0 Å². The molecule has 52 valence electrons. The molecule has 0 spiro atoms. The zero-order chi connectivity index (χ0) is 7.33. The van der Waals surface area contributed by atoms with Crippen molar-refractivity contribution in [3.05, 3.63) is 0 Å². The number of hydrogen-bond donors (Lipinski definition) is 0. The van der Waals surface area contributed by atoms with Gasteiger partial charge in [0.1, 0.15) is 4.87 Å². The standard InChI is InChI=1S/C7H10Cl2/c1-3-7(2,9)5-4-6-8/h3,6H2,1-2H3. The molecule has 1 unspecified atom stereocenters. The van der Waals surface area contributed by atoms with Gasteiger partial charge in [0.05, 0.1) is 5.88 Å². The predicted molar refractivity (Wildman–Crippen MR) is 43.0 cm³/mol. The molecule has 0 radical (unpaired) electrons. The highest BCUT2D eigenvalue weighted by Gasteiger charge is 2.12. The van der Waals surface area contributed by atoms with E-state index < -0.39 is 0 Å². The molecule has 0 bridgehead atoms. The summed E-state index contributed by atoms with van der Waals surface area (Å²) in [6.45, 7) is 3.88. The van der Waals surface area contributed by atoms with Crippen molar-refractivity contribution in [1.29, 1.82) is 0 Å². The molecule has 0 aliphatic carbocycles. The summed E-state index contributed by atoms with van der Waals surface area (Å²) in [6, 6.07) is 0. The number of hydrogen-bond acceptors (Lipinski definition) is 0. The second-order valence-electron chi connectivity index (χ2n) is 1.99. The molecule has 9 heavy (non-hydrogen) atoms. The van der Waals surface area contributed by atoms with Crippen molar-refractivity contribution in [2.45, 2.75) is 25.1 Å². The minimum Gasteiger partial charge on any atom is -0.113 e. The van der Waals surface area contributed by atoms with E-state index in [9.17, 15) is 0 Å². The van der Waals surface area contributed by atoms with Crippen LogP contribution in [0.4, 0.5) is 0 Å². The van der Waals surface area contributed by atoms with Crippen LogP contribution in [0.1, 0.15) is 20.3 Å². The van der Waals surface area contributed by atoms with Gasteiger partial charge in [-0.25, -0.2) is 0 Å². The van der Waals surface area contributed by atoms with Gasteiger partial charge in [-0.3, -0.25) is 0 Å². The number of halogens is 2. The molecule has 0 aromatic rings. The molecule has 0 rings (SSSR count). The van der Waals surface area contributed by atoms with E-state index in [4.69, 9.17) is 23.2 Å². The van der Waals surface area contributed by atoms with Gasteiger partial charge in [0.2, 0.25) is 0 Å². The van der Waals surface area contributed by atoms with Crippen LogP contribution >= 0.6 is 23.2 Å². The molecule has 0 aromatic heterocycles. The van der Waals surface area contributed by atoms with Gasteiger partial charge in [-0.05, 0) is 13.3 Å². The molecule has 2 heteroatoms. The summed E-state index contributed by atoms with van der Waals surface area (Å²) in [5.74, 6) is 5.93. The topological polar surface area (TPSA) is 0 Å². The predicted octanol–water partition coefficient (Wildman–Crippen LogP) is 2.64. The first-order chi connectivity index (χ1) is 4.12. The molecule has 0 nitrogen and oxygen atoms in total. The zero-order valence-corrected chi connectivity index (χ0v) is 7.18. The lowest BCUT2D eigenvalue weighted by molar-refractivity contribution is 0.766. The fourth-order valence-electron chi connectivity index (χ4n) is 0.306. The van der Waals surface area contributed by atoms with Crippen LogP contribution in [0, 0.1) is 11.8 Å². The third-order valence-corrected chi connectivity index (χ3v) is 1.58. The van der Waals surface area contributed by atoms with E-state index in [2.05, 4.69) is 11.8 Å². The minimum atomic E-state index is -0.380. The monoisotopic (exact) mass is 164 g/mol. The molecule has 1 atom stereocenters. The molecule has 0 amide bonds. The molecule has 0 N–H and O–H groups in total. The number of alkyl halides is 2. The van der Waals surface area contributed by atoms with Crippen molar-refractivity contribution in [2.24, 2.45) is 0 Å². The third kappa shape index (κ3) is 4.63. The number of rotatable bonds is 1. The van der Waals surface area contributed by atoms with Crippen LogP contribution in [-0.4, -0.2) is 10.8 Å². The lowest BCUT2D eigenvalue weighted by Gasteiger charge is -2.09. The van der Waals surface area contributed by atoms with Gasteiger partial charge in [-0.2, -0.15) is 0 Å². The van der Waals surface area contributed by atoms with E-state index in [1.165, 1.54) is 0 Å². The smallest absolute Gasteiger partial charge is 0.102 e. The summed E-state index contributed by atoms with van der Waals surface area (Å²) in [7, 11) is 0. The summed E-state index contributed by atoms with van der Waals surface area (Å²) < 4.78 is 0. The first kappa shape index (κ1) is 9.14. The van der Waals surface area contributed by atoms with Gasteiger partial charge in [0.15, 0.2) is 0 Å². The Labute approximate surface area is 66.5 Å². The quantitative estimate of drug-likeness (QED) is 0.413. The highest BCUT2D eigenvalue weighted by atomic mass is 35.5. The summed E-state index contributed by atoms with van der Waals surface area (Å²) in [6.07, 6.45) is 0.846. The van der Waals surface area contributed by atoms with Crippen LogP contribution in [-0.2, 0) is 0 Å². The van der Waals surface area contributed by atoms with E-state index >= 15 is 0 Å². The molecule has 0 aliphatic rings. The van der Waals surface area contributed by atoms with Crippen molar-refractivity contribution < 1.29 is 0 Å². The van der Waals surface area contributed by atoms with Crippen molar-refractivity contribution in [3.63, 3.8) is 0 Å². The Bertz CT molecular complexity index is 128. The Morgan fingerprint density at radius 3 is 2.44 bits per heavy atom. The average molecular weight is 165 g/mol. The molecule has 0 aliphatic heterocycles. The van der Waals surface area contributed by atoms with E-state index in [0.717, 1.165) is 6.42 Å². The molecule has 0 saturated carbocycles. The first-order valence-corrected chi connectivity index (χ1v) is 3.78. The maximum atomic E-state index is 5.87. The molecular weight excluding hydrogens is 155 g/mol. The second-order valence-corrected chi connectivity index (χ2v) is 3.09.